The standard InChI is InChI=1S/C10H12O5S.Na/c1-3-4-8-5-6-9(10(7-8)14-2)15-16(11,12)13;/h3,5-7H,1,4H2,2H3,(H,11,12,13);/q;+1/p-1. The molecule has 0 saturated heterocycles. The minimum Gasteiger partial charge on any atom is -0.716 e. The Kier molecular flexibility index (Phi) is 6.81. The number of methoxy groups -OCH3 is 1. The first-order valence-corrected chi connectivity index (χ1v) is 5.72. The number of ether oxygens (including phenoxy) is 1. The van der Waals surface area contributed by atoms with Gasteiger partial charge in [0, 0.05) is 0 Å². The van der Waals surface area contributed by atoms with Crippen molar-refractivity contribution in [2.45, 2.75) is 6.42 Å². The van der Waals surface area contributed by atoms with Crippen LogP contribution >= 0.6 is 0 Å². The van der Waals surface area contributed by atoms with Gasteiger partial charge in [0.1, 0.15) is 0 Å². The van der Waals surface area contributed by atoms with E-state index in [-0.39, 0.29) is 41.1 Å². The Hall–Kier alpha value is -0.530. The van der Waals surface area contributed by atoms with Gasteiger partial charge in [-0.05, 0) is 24.1 Å². The summed E-state index contributed by atoms with van der Waals surface area (Å²) in [6, 6.07) is 4.58. The van der Waals surface area contributed by atoms with Crippen LogP contribution in [-0.2, 0) is 16.8 Å². The second-order valence-electron chi connectivity index (χ2n) is 2.97. The maximum absolute atomic E-state index is 10.4. The first-order chi connectivity index (χ1) is 7.46. The second kappa shape index (κ2) is 7.03. The molecule has 0 N–H and O–H groups in total. The predicted octanol–water partition coefficient (Wildman–Crippen LogP) is -1.73. The predicted molar refractivity (Wildman–Crippen MR) is 57.2 cm³/mol. The van der Waals surface area contributed by atoms with Crippen molar-refractivity contribution in [3.8, 4) is 11.5 Å². The fourth-order valence-corrected chi connectivity index (χ4v) is 1.54. The summed E-state index contributed by atoms with van der Waals surface area (Å²) in [6.07, 6.45) is 2.31. The fourth-order valence-electron chi connectivity index (χ4n) is 1.18. The van der Waals surface area contributed by atoms with Crippen molar-refractivity contribution in [2.24, 2.45) is 0 Å². The smallest absolute Gasteiger partial charge is 0.716 e. The fraction of sp³-hybridized carbons (Fsp3) is 0.200. The van der Waals surface area contributed by atoms with Gasteiger partial charge in [-0.25, -0.2) is 8.42 Å². The van der Waals surface area contributed by atoms with Gasteiger partial charge in [0.2, 0.25) is 0 Å². The van der Waals surface area contributed by atoms with Crippen molar-refractivity contribution in [3.05, 3.63) is 36.4 Å². The zero-order valence-electron chi connectivity index (χ0n) is 9.67. The molecule has 0 bridgehead atoms. The molecule has 0 aromatic heterocycles. The molecule has 0 atom stereocenters. The average Bonchev–Trinajstić information content (AvgIpc) is 2.18. The molecular formula is C10H11NaO5S. The van der Waals surface area contributed by atoms with Gasteiger partial charge in [0.15, 0.2) is 11.5 Å². The Bertz CT molecular complexity index is 483. The van der Waals surface area contributed by atoms with Gasteiger partial charge in [-0.2, -0.15) is 0 Å². The number of hydrogen-bond donors (Lipinski definition) is 0. The molecule has 0 aliphatic carbocycles. The van der Waals surface area contributed by atoms with E-state index >= 15 is 0 Å². The van der Waals surface area contributed by atoms with Crippen LogP contribution in [0.2, 0.25) is 0 Å². The first-order valence-electron chi connectivity index (χ1n) is 4.39. The molecule has 0 aliphatic rings. The molecule has 0 amide bonds. The van der Waals surface area contributed by atoms with E-state index in [0.717, 1.165) is 5.56 Å². The summed E-state index contributed by atoms with van der Waals surface area (Å²) in [5, 5.41) is 0. The van der Waals surface area contributed by atoms with Crippen LogP contribution in [0.5, 0.6) is 11.5 Å². The molecule has 0 fully saturated rings. The zero-order chi connectivity index (χ0) is 12.2. The minimum atomic E-state index is -4.79. The van der Waals surface area contributed by atoms with Crippen LogP contribution in [0.15, 0.2) is 30.9 Å². The van der Waals surface area contributed by atoms with E-state index in [1.807, 2.05) is 0 Å². The van der Waals surface area contributed by atoms with Crippen LogP contribution in [-0.4, -0.2) is 20.1 Å². The van der Waals surface area contributed by atoms with Gasteiger partial charge in [-0.1, -0.05) is 12.1 Å². The van der Waals surface area contributed by atoms with E-state index in [0.29, 0.717) is 6.42 Å². The molecule has 1 rings (SSSR count). The van der Waals surface area contributed by atoms with Gasteiger partial charge >= 0.3 is 29.6 Å². The van der Waals surface area contributed by atoms with E-state index in [1.54, 1.807) is 18.2 Å². The van der Waals surface area contributed by atoms with Crippen molar-refractivity contribution < 1.29 is 51.4 Å². The Morgan fingerprint density at radius 1 is 1.41 bits per heavy atom. The molecule has 0 aliphatic heterocycles. The van der Waals surface area contributed by atoms with Crippen molar-refractivity contribution in [1.82, 2.24) is 0 Å². The normalized spacial score (nSPS) is 10.2. The third-order valence-electron chi connectivity index (χ3n) is 1.80. The van der Waals surface area contributed by atoms with Crippen LogP contribution in [0, 0.1) is 0 Å². The Balaban J connectivity index is 0.00000256. The molecule has 0 radical (unpaired) electrons. The molecule has 0 spiro atoms. The van der Waals surface area contributed by atoms with E-state index in [4.69, 9.17) is 4.74 Å². The maximum Gasteiger partial charge on any atom is 1.00 e. The van der Waals surface area contributed by atoms with Crippen LogP contribution in [0.1, 0.15) is 5.56 Å². The minimum absolute atomic E-state index is 0. The summed E-state index contributed by atoms with van der Waals surface area (Å²) in [6.45, 7) is 3.58. The molecule has 1 aromatic rings. The summed E-state index contributed by atoms with van der Waals surface area (Å²) >= 11 is 0. The van der Waals surface area contributed by atoms with Crippen molar-refractivity contribution >= 4 is 10.4 Å². The summed E-state index contributed by atoms with van der Waals surface area (Å²) in [7, 11) is -3.43. The van der Waals surface area contributed by atoms with Gasteiger partial charge in [-0.3, -0.25) is 0 Å². The number of allylic oxidation sites excluding steroid dienone is 1. The van der Waals surface area contributed by atoms with Gasteiger partial charge in [0.05, 0.1) is 7.11 Å². The van der Waals surface area contributed by atoms with E-state index in [9.17, 15) is 13.0 Å². The molecular weight excluding hydrogens is 255 g/mol. The van der Waals surface area contributed by atoms with Crippen LogP contribution in [0.25, 0.3) is 0 Å². The summed E-state index contributed by atoms with van der Waals surface area (Å²) in [5.74, 6) is 0.0732. The average molecular weight is 266 g/mol. The first kappa shape index (κ1) is 16.5. The van der Waals surface area contributed by atoms with E-state index in [2.05, 4.69) is 10.8 Å². The molecule has 7 heteroatoms. The SMILES string of the molecule is C=CCc1ccc(OS(=O)(=O)[O-])c(OC)c1.[Na+]. The van der Waals surface area contributed by atoms with Crippen LogP contribution in [0.4, 0.5) is 0 Å². The molecule has 0 saturated carbocycles. The Labute approximate surface area is 123 Å². The maximum atomic E-state index is 10.4. The number of hydrogen-bond acceptors (Lipinski definition) is 5. The monoisotopic (exact) mass is 266 g/mol. The van der Waals surface area contributed by atoms with Crippen LogP contribution < -0.4 is 38.5 Å². The quantitative estimate of drug-likeness (QED) is 0.274. The molecule has 0 unspecified atom stereocenters. The molecule has 0 heterocycles. The topological polar surface area (TPSA) is 75.7 Å². The van der Waals surface area contributed by atoms with E-state index < -0.39 is 10.4 Å². The molecule has 1 aromatic carbocycles. The summed E-state index contributed by atoms with van der Waals surface area (Å²) < 4.78 is 40.4. The van der Waals surface area contributed by atoms with Crippen molar-refractivity contribution in [3.63, 3.8) is 0 Å². The molecule has 17 heavy (non-hydrogen) atoms. The number of benzene rings is 1. The number of rotatable bonds is 5. The Morgan fingerprint density at radius 3 is 2.53 bits per heavy atom. The van der Waals surface area contributed by atoms with Gasteiger partial charge in [-0.15, -0.1) is 6.58 Å². The summed E-state index contributed by atoms with van der Waals surface area (Å²) in [4.78, 5) is 0. The van der Waals surface area contributed by atoms with E-state index in [1.165, 1.54) is 13.2 Å². The molecule has 5 nitrogen and oxygen atoms in total. The summed E-state index contributed by atoms with van der Waals surface area (Å²) in [5.41, 5.74) is 0.877. The molecule has 88 valence electrons. The third kappa shape index (κ3) is 5.56. The third-order valence-corrected chi connectivity index (χ3v) is 2.18. The Morgan fingerprint density at radius 2 is 2.06 bits per heavy atom. The van der Waals surface area contributed by atoms with Gasteiger partial charge < -0.3 is 13.5 Å². The van der Waals surface area contributed by atoms with Crippen molar-refractivity contribution in [2.75, 3.05) is 7.11 Å². The second-order valence-corrected chi connectivity index (χ2v) is 3.95. The largest absolute Gasteiger partial charge is 1.00 e. The van der Waals surface area contributed by atoms with Crippen LogP contribution in [0.3, 0.4) is 0 Å². The van der Waals surface area contributed by atoms with Crippen molar-refractivity contribution in [1.29, 1.82) is 0 Å². The van der Waals surface area contributed by atoms with Gasteiger partial charge in [0.25, 0.3) is 10.4 Å². The zero-order valence-corrected chi connectivity index (χ0v) is 12.5.